The average Bonchev–Trinajstić information content (AvgIpc) is 2.65. The molecule has 19 heavy (non-hydrogen) atoms. The van der Waals surface area contributed by atoms with E-state index in [1.807, 2.05) is 12.1 Å². The third kappa shape index (κ3) is 3.03. The van der Waals surface area contributed by atoms with Gasteiger partial charge in [-0.3, -0.25) is 9.36 Å². The molecule has 0 saturated carbocycles. The summed E-state index contributed by atoms with van der Waals surface area (Å²) in [7, 11) is 1.66. The molecule has 6 heteroatoms. The lowest BCUT2D eigenvalue weighted by molar-refractivity contribution is -0.121. The van der Waals surface area contributed by atoms with Gasteiger partial charge < -0.3 is 14.8 Å². The first kappa shape index (κ1) is 13.4. The van der Waals surface area contributed by atoms with Crippen LogP contribution in [0.15, 0.2) is 27.4 Å². The smallest absolute Gasteiger partial charge is 0.408 e. The molecule has 2 rings (SSSR count). The first-order chi connectivity index (χ1) is 9.11. The summed E-state index contributed by atoms with van der Waals surface area (Å²) in [6, 6.07) is 5.52. The normalized spacial score (nSPS) is 10.8. The van der Waals surface area contributed by atoms with Gasteiger partial charge >= 0.3 is 5.76 Å². The molecule has 0 aliphatic carbocycles. The molecule has 2 N–H and O–H groups in total. The molecular formula is C13H16N2O4. The van der Waals surface area contributed by atoms with Crippen LogP contribution in [0.4, 0.5) is 0 Å². The number of oxazole rings is 1. The second-order valence-corrected chi connectivity index (χ2v) is 4.30. The molecule has 1 aromatic heterocycles. The standard InChI is InChI=1S/C13H16N2O4/c1-15-10-3-2-9(8-11(10)19-13(15)18)4-6-14-12(17)5-7-16/h2-3,8,16H,4-7H2,1H3,(H,14,17). The molecule has 1 amide bonds. The van der Waals surface area contributed by atoms with Crippen LogP contribution in [0.1, 0.15) is 12.0 Å². The fraction of sp³-hybridized carbons (Fsp3) is 0.385. The minimum Gasteiger partial charge on any atom is -0.408 e. The zero-order valence-corrected chi connectivity index (χ0v) is 10.7. The number of carbonyl (C=O) groups excluding carboxylic acids is 1. The quantitative estimate of drug-likeness (QED) is 0.806. The first-order valence-corrected chi connectivity index (χ1v) is 6.08. The summed E-state index contributed by atoms with van der Waals surface area (Å²) >= 11 is 0. The van der Waals surface area contributed by atoms with Crippen LogP contribution in [-0.2, 0) is 18.3 Å². The molecule has 102 valence electrons. The molecule has 0 aliphatic rings. The Morgan fingerprint density at radius 2 is 2.26 bits per heavy atom. The molecule has 0 saturated heterocycles. The van der Waals surface area contributed by atoms with E-state index in [1.54, 1.807) is 13.1 Å². The van der Waals surface area contributed by atoms with E-state index in [0.717, 1.165) is 11.1 Å². The Bertz CT molecular complexity index is 642. The molecule has 0 spiro atoms. The van der Waals surface area contributed by atoms with Crippen LogP contribution in [0.2, 0.25) is 0 Å². The van der Waals surface area contributed by atoms with E-state index in [2.05, 4.69) is 5.32 Å². The van der Waals surface area contributed by atoms with E-state index in [4.69, 9.17) is 9.52 Å². The lowest BCUT2D eigenvalue weighted by Crippen LogP contribution is -2.26. The summed E-state index contributed by atoms with van der Waals surface area (Å²) in [5.41, 5.74) is 2.27. The topological polar surface area (TPSA) is 84.5 Å². The van der Waals surface area contributed by atoms with Crippen LogP contribution in [0, 0.1) is 0 Å². The molecule has 0 atom stereocenters. The minimum absolute atomic E-state index is 0.118. The van der Waals surface area contributed by atoms with Crippen molar-refractivity contribution in [2.75, 3.05) is 13.2 Å². The summed E-state index contributed by atoms with van der Waals surface area (Å²) in [6.45, 7) is 0.342. The number of fused-ring (bicyclic) bond motifs is 1. The predicted molar refractivity (Wildman–Crippen MR) is 69.9 cm³/mol. The molecule has 0 unspecified atom stereocenters. The van der Waals surface area contributed by atoms with Crippen LogP contribution in [0.25, 0.3) is 11.1 Å². The number of aryl methyl sites for hydroxylation is 1. The van der Waals surface area contributed by atoms with Crippen molar-refractivity contribution < 1.29 is 14.3 Å². The number of benzene rings is 1. The van der Waals surface area contributed by atoms with Crippen LogP contribution in [-0.4, -0.2) is 28.7 Å². The molecule has 6 nitrogen and oxygen atoms in total. The third-order valence-electron chi connectivity index (χ3n) is 2.93. The number of hydrogen-bond acceptors (Lipinski definition) is 4. The Hall–Kier alpha value is -2.08. The first-order valence-electron chi connectivity index (χ1n) is 6.08. The van der Waals surface area contributed by atoms with E-state index in [0.29, 0.717) is 18.5 Å². The SMILES string of the molecule is Cn1c(=O)oc2cc(CCNC(=O)CCO)ccc21. The second-order valence-electron chi connectivity index (χ2n) is 4.30. The lowest BCUT2D eigenvalue weighted by atomic mass is 10.1. The van der Waals surface area contributed by atoms with Crippen molar-refractivity contribution in [1.29, 1.82) is 0 Å². The lowest BCUT2D eigenvalue weighted by Gasteiger charge is -2.04. The number of aliphatic hydroxyl groups excluding tert-OH is 1. The maximum Gasteiger partial charge on any atom is 0.419 e. The van der Waals surface area contributed by atoms with Crippen molar-refractivity contribution in [3.63, 3.8) is 0 Å². The molecule has 0 fully saturated rings. The number of amides is 1. The van der Waals surface area contributed by atoms with Crippen LogP contribution >= 0.6 is 0 Å². The van der Waals surface area contributed by atoms with Gasteiger partial charge in [-0.1, -0.05) is 6.07 Å². The van der Waals surface area contributed by atoms with Crippen LogP contribution < -0.4 is 11.1 Å². The van der Waals surface area contributed by atoms with E-state index < -0.39 is 0 Å². The second kappa shape index (κ2) is 5.71. The summed E-state index contributed by atoms with van der Waals surface area (Å²) in [4.78, 5) is 22.5. The van der Waals surface area contributed by atoms with Gasteiger partial charge in [-0.15, -0.1) is 0 Å². The van der Waals surface area contributed by atoms with Crippen molar-refractivity contribution >= 4 is 17.0 Å². The highest BCUT2D eigenvalue weighted by molar-refractivity contribution is 5.76. The zero-order valence-electron chi connectivity index (χ0n) is 10.7. The molecule has 0 radical (unpaired) electrons. The van der Waals surface area contributed by atoms with Gasteiger partial charge in [-0.2, -0.15) is 0 Å². The number of aliphatic hydroxyl groups is 1. The van der Waals surface area contributed by atoms with Crippen molar-refractivity contribution in [1.82, 2.24) is 9.88 Å². The van der Waals surface area contributed by atoms with Gasteiger partial charge in [0, 0.05) is 20.0 Å². The van der Waals surface area contributed by atoms with Gasteiger partial charge in [-0.25, -0.2) is 4.79 Å². The highest BCUT2D eigenvalue weighted by Crippen LogP contribution is 2.14. The van der Waals surface area contributed by atoms with Crippen molar-refractivity contribution in [2.24, 2.45) is 7.05 Å². The molecule has 1 aromatic carbocycles. The highest BCUT2D eigenvalue weighted by atomic mass is 16.4. The number of rotatable bonds is 5. The van der Waals surface area contributed by atoms with Gasteiger partial charge in [0.25, 0.3) is 0 Å². The Balaban J connectivity index is 2.02. The van der Waals surface area contributed by atoms with Crippen LogP contribution in [0.3, 0.4) is 0 Å². The Labute approximate surface area is 109 Å². The monoisotopic (exact) mass is 264 g/mol. The van der Waals surface area contributed by atoms with Crippen molar-refractivity contribution in [2.45, 2.75) is 12.8 Å². The Morgan fingerprint density at radius 1 is 1.47 bits per heavy atom. The summed E-state index contributed by atoms with van der Waals surface area (Å²) < 4.78 is 6.54. The van der Waals surface area contributed by atoms with E-state index in [1.165, 1.54) is 4.57 Å². The number of nitrogens with zero attached hydrogens (tertiary/aromatic N) is 1. The van der Waals surface area contributed by atoms with Gasteiger partial charge in [-0.05, 0) is 24.1 Å². The van der Waals surface area contributed by atoms with Gasteiger partial charge in [0.15, 0.2) is 5.58 Å². The number of carbonyl (C=O) groups is 1. The molecular weight excluding hydrogens is 248 g/mol. The van der Waals surface area contributed by atoms with E-state index in [-0.39, 0.29) is 24.7 Å². The summed E-state index contributed by atoms with van der Waals surface area (Å²) in [5.74, 6) is -0.557. The fourth-order valence-electron chi connectivity index (χ4n) is 1.87. The molecule has 0 aliphatic heterocycles. The number of nitrogens with one attached hydrogen (secondary N) is 1. The summed E-state index contributed by atoms with van der Waals surface area (Å²) in [6.07, 6.45) is 0.762. The highest BCUT2D eigenvalue weighted by Gasteiger charge is 2.06. The summed E-state index contributed by atoms with van der Waals surface area (Å²) in [5, 5.41) is 11.3. The van der Waals surface area contributed by atoms with Crippen molar-refractivity contribution in [3.05, 3.63) is 34.3 Å². The fourth-order valence-corrected chi connectivity index (χ4v) is 1.87. The van der Waals surface area contributed by atoms with Gasteiger partial charge in [0.1, 0.15) is 0 Å². The maximum atomic E-state index is 11.3. The van der Waals surface area contributed by atoms with Crippen molar-refractivity contribution in [3.8, 4) is 0 Å². The Morgan fingerprint density at radius 3 is 3.00 bits per heavy atom. The van der Waals surface area contributed by atoms with Gasteiger partial charge in [0.2, 0.25) is 5.91 Å². The third-order valence-corrected chi connectivity index (χ3v) is 2.93. The Kier molecular flexibility index (Phi) is 4.01. The van der Waals surface area contributed by atoms with E-state index >= 15 is 0 Å². The van der Waals surface area contributed by atoms with E-state index in [9.17, 15) is 9.59 Å². The average molecular weight is 264 g/mol. The molecule has 1 heterocycles. The van der Waals surface area contributed by atoms with Gasteiger partial charge in [0.05, 0.1) is 12.1 Å². The minimum atomic E-state index is -0.386. The largest absolute Gasteiger partial charge is 0.419 e. The molecule has 2 aromatic rings. The maximum absolute atomic E-state index is 11.3. The van der Waals surface area contributed by atoms with Crippen LogP contribution in [0.5, 0.6) is 0 Å². The number of aromatic nitrogens is 1. The predicted octanol–water partition coefficient (Wildman–Crippen LogP) is 0.173. The molecule has 0 bridgehead atoms. The zero-order chi connectivity index (χ0) is 13.8. The number of hydrogen-bond donors (Lipinski definition) is 2.